The number of carbonyl (C=O) groups is 2. The van der Waals surface area contributed by atoms with Crippen LogP contribution in [0.1, 0.15) is 63.2 Å². The highest BCUT2D eigenvalue weighted by Gasteiger charge is 2.21. The number of hydrogen-bond donors (Lipinski definition) is 2. The summed E-state index contributed by atoms with van der Waals surface area (Å²) < 4.78 is 0. The monoisotopic (exact) mass is 331 g/mol. The van der Waals surface area contributed by atoms with Gasteiger partial charge in [-0.05, 0) is 50.8 Å². The van der Waals surface area contributed by atoms with E-state index in [4.69, 9.17) is 0 Å². The van der Waals surface area contributed by atoms with Crippen molar-refractivity contribution in [3.63, 3.8) is 0 Å². The van der Waals surface area contributed by atoms with Crippen molar-refractivity contribution in [1.82, 2.24) is 5.32 Å². The SMILES string of the molecule is CCCC(=O)Nc1ccc(N2CCCC2)c(C(=O)NC(C)CC)c1. The maximum Gasteiger partial charge on any atom is 0.253 e. The molecule has 0 spiro atoms. The molecule has 132 valence electrons. The minimum Gasteiger partial charge on any atom is -0.371 e. The van der Waals surface area contributed by atoms with Crippen LogP contribution in [0.5, 0.6) is 0 Å². The van der Waals surface area contributed by atoms with Crippen molar-refractivity contribution < 1.29 is 9.59 Å². The molecule has 1 aromatic rings. The Morgan fingerprint density at radius 3 is 2.54 bits per heavy atom. The normalized spacial score (nSPS) is 15.2. The largest absolute Gasteiger partial charge is 0.371 e. The Kier molecular flexibility index (Phi) is 6.64. The highest BCUT2D eigenvalue weighted by molar-refractivity contribution is 6.02. The summed E-state index contributed by atoms with van der Waals surface area (Å²) in [6, 6.07) is 5.78. The zero-order valence-electron chi connectivity index (χ0n) is 15.0. The van der Waals surface area contributed by atoms with Crippen LogP contribution in [0.4, 0.5) is 11.4 Å². The van der Waals surface area contributed by atoms with Gasteiger partial charge in [-0.15, -0.1) is 0 Å². The topological polar surface area (TPSA) is 61.4 Å². The minimum absolute atomic E-state index is 0.0142. The van der Waals surface area contributed by atoms with Crippen molar-refractivity contribution in [1.29, 1.82) is 0 Å². The van der Waals surface area contributed by atoms with Crippen LogP contribution in [-0.2, 0) is 4.79 Å². The van der Waals surface area contributed by atoms with Crippen molar-refractivity contribution in [2.24, 2.45) is 0 Å². The average molecular weight is 331 g/mol. The van der Waals surface area contributed by atoms with E-state index in [2.05, 4.69) is 15.5 Å². The number of carbonyl (C=O) groups excluding carboxylic acids is 2. The van der Waals surface area contributed by atoms with E-state index in [1.807, 2.05) is 32.9 Å². The molecule has 1 atom stereocenters. The van der Waals surface area contributed by atoms with Gasteiger partial charge in [-0.1, -0.05) is 13.8 Å². The molecule has 0 saturated carbocycles. The van der Waals surface area contributed by atoms with Crippen molar-refractivity contribution in [2.75, 3.05) is 23.3 Å². The van der Waals surface area contributed by atoms with E-state index in [0.29, 0.717) is 17.7 Å². The van der Waals surface area contributed by atoms with E-state index in [0.717, 1.165) is 44.5 Å². The Morgan fingerprint density at radius 2 is 1.92 bits per heavy atom. The Bertz CT molecular complexity index is 580. The molecule has 0 radical (unpaired) electrons. The molecule has 0 bridgehead atoms. The summed E-state index contributed by atoms with van der Waals surface area (Å²) >= 11 is 0. The van der Waals surface area contributed by atoms with Crippen LogP contribution in [-0.4, -0.2) is 30.9 Å². The molecular weight excluding hydrogens is 302 g/mol. The maximum atomic E-state index is 12.7. The lowest BCUT2D eigenvalue weighted by molar-refractivity contribution is -0.116. The van der Waals surface area contributed by atoms with Gasteiger partial charge < -0.3 is 15.5 Å². The second-order valence-corrected chi connectivity index (χ2v) is 6.51. The second kappa shape index (κ2) is 8.71. The first-order chi connectivity index (χ1) is 11.5. The van der Waals surface area contributed by atoms with Crippen LogP contribution in [0.25, 0.3) is 0 Å². The quantitative estimate of drug-likeness (QED) is 0.803. The molecule has 1 saturated heterocycles. The van der Waals surface area contributed by atoms with Crippen LogP contribution in [0.2, 0.25) is 0 Å². The van der Waals surface area contributed by atoms with Gasteiger partial charge in [-0.2, -0.15) is 0 Å². The molecule has 1 aliphatic rings. The fraction of sp³-hybridized carbons (Fsp3) is 0.579. The van der Waals surface area contributed by atoms with E-state index in [-0.39, 0.29) is 17.9 Å². The molecule has 1 heterocycles. The third-order valence-electron chi connectivity index (χ3n) is 4.44. The summed E-state index contributed by atoms with van der Waals surface area (Å²) in [5.74, 6) is -0.0856. The third kappa shape index (κ3) is 4.73. The first-order valence-corrected chi connectivity index (χ1v) is 9.04. The average Bonchev–Trinajstić information content (AvgIpc) is 3.09. The Morgan fingerprint density at radius 1 is 1.21 bits per heavy atom. The molecule has 1 aromatic carbocycles. The van der Waals surface area contributed by atoms with Gasteiger partial charge in [0.1, 0.15) is 0 Å². The minimum atomic E-state index is -0.0714. The molecule has 1 unspecified atom stereocenters. The standard InChI is InChI=1S/C19H29N3O2/c1-4-8-18(23)21-15-9-10-17(22-11-6-7-12-22)16(13-15)19(24)20-14(3)5-2/h9-10,13-14H,4-8,11-12H2,1-3H3,(H,20,24)(H,21,23). The summed E-state index contributed by atoms with van der Waals surface area (Å²) in [5, 5.41) is 5.92. The molecule has 5 heteroatoms. The number of benzene rings is 1. The van der Waals surface area contributed by atoms with Gasteiger partial charge in [0.15, 0.2) is 0 Å². The van der Waals surface area contributed by atoms with Crippen LogP contribution < -0.4 is 15.5 Å². The molecule has 1 fully saturated rings. The molecule has 2 N–H and O–H groups in total. The number of anilines is 2. The fourth-order valence-electron chi connectivity index (χ4n) is 2.88. The maximum absolute atomic E-state index is 12.7. The molecule has 24 heavy (non-hydrogen) atoms. The van der Waals surface area contributed by atoms with E-state index in [1.54, 1.807) is 6.07 Å². The summed E-state index contributed by atoms with van der Waals surface area (Å²) in [4.78, 5) is 26.8. The molecule has 0 aromatic heterocycles. The van der Waals surface area contributed by atoms with E-state index >= 15 is 0 Å². The Hall–Kier alpha value is -2.04. The predicted molar refractivity (Wildman–Crippen MR) is 98.6 cm³/mol. The van der Waals surface area contributed by atoms with Crippen LogP contribution in [0.15, 0.2) is 18.2 Å². The smallest absolute Gasteiger partial charge is 0.253 e. The highest BCUT2D eigenvalue weighted by Crippen LogP contribution is 2.28. The van der Waals surface area contributed by atoms with Crippen molar-refractivity contribution in [2.45, 2.75) is 58.9 Å². The molecule has 5 nitrogen and oxygen atoms in total. The van der Waals surface area contributed by atoms with Crippen LogP contribution in [0, 0.1) is 0 Å². The van der Waals surface area contributed by atoms with Gasteiger partial charge in [0.2, 0.25) is 5.91 Å². The lowest BCUT2D eigenvalue weighted by atomic mass is 10.1. The van der Waals surface area contributed by atoms with Gasteiger partial charge >= 0.3 is 0 Å². The molecule has 0 aliphatic carbocycles. The van der Waals surface area contributed by atoms with Crippen molar-refractivity contribution in [3.05, 3.63) is 23.8 Å². The van der Waals surface area contributed by atoms with Crippen LogP contribution >= 0.6 is 0 Å². The zero-order chi connectivity index (χ0) is 17.5. The first-order valence-electron chi connectivity index (χ1n) is 9.04. The third-order valence-corrected chi connectivity index (χ3v) is 4.44. The number of hydrogen-bond acceptors (Lipinski definition) is 3. The van der Waals surface area contributed by atoms with Gasteiger partial charge in [0.05, 0.1) is 5.56 Å². The summed E-state index contributed by atoms with van der Waals surface area (Å²) in [5.41, 5.74) is 2.29. The Balaban J connectivity index is 2.26. The zero-order valence-corrected chi connectivity index (χ0v) is 15.0. The number of nitrogens with one attached hydrogen (secondary N) is 2. The van der Waals surface area contributed by atoms with E-state index in [1.165, 1.54) is 0 Å². The van der Waals surface area contributed by atoms with Crippen molar-refractivity contribution in [3.8, 4) is 0 Å². The summed E-state index contributed by atoms with van der Waals surface area (Å²) in [7, 11) is 0. The summed E-state index contributed by atoms with van der Waals surface area (Å²) in [6.45, 7) is 7.98. The number of nitrogens with zero attached hydrogens (tertiary/aromatic N) is 1. The Labute approximate surface area is 144 Å². The predicted octanol–water partition coefficient (Wildman–Crippen LogP) is 3.55. The van der Waals surface area contributed by atoms with Gasteiger partial charge in [0, 0.05) is 36.9 Å². The number of amides is 2. The summed E-state index contributed by atoms with van der Waals surface area (Å²) in [6.07, 6.45) is 4.49. The van der Waals surface area contributed by atoms with Gasteiger partial charge in [0.25, 0.3) is 5.91 Å². The van der Waals surface area contributed by atoms with E-state index < -0.39 is 0 Å². The number of rotatable bonds is 7. The van der Waals surface area contributed by atoms with Crippen molar-refractivity contribution >= 4 is 23.2 Å². The molecular formula is C19H29N3O2. The first kappa shape index (κ1) is 18.3. The van der Waals surface area contributed by atoms with Gasteiger partial charge in [-0.25, -0.2) is 0 Å². The lowest BCUT2D eigenvalue weighted by Crippen LogP contribution is -2.33. The fourth-order valence-corrected chi connectivity index (χ4v) is 2.88. The van der Waals surface area contributed by atoms with Crippen LogP contribution in [0.3, 0.4) is 0 Å². The molecule has 1 aliphatic heterocycles. The molecule has 2 rings (SSSR count). The van der Waals surface area contributed by atoms with Gasteiger partial charge in [-0.3, -0.25) is 9.59 Å². The lowest BCUT2D eigenvalue weighted by Gasteiger charge is -2.23. The molecule has 2 amide bonds. The van der Waals surface area contributed by atoms with E-state index in [9.17, 15) is 9.59 Å². The second-order valence-electron chi connectivity index (χ2n) is 6.51. The highest BCUT2D eigenvalue weighted by atomic mass is 16.2.